The fourth-order valence-corrected chi connectivity index (χ4v) is 3.79. The molecule has 0 saturated heterocycles. The van der Waals surface area contributed by atoms with Gasteiger partial charge >= 0.3 is 12.0 Å². The number of hydrogen-bond donors (Lipinski definition) is 2. The topological polar surface area (TPSA) is 88.1 Å². The fourth-order valence-electron chi connectivity index (χ4n) is 3.79. The zero-order valence-corrected chi connectivity index (χ0v) is 20.4. The molecule has 1 heterocycles. The van der Waals surface area contributed by atoms with Gasteiger partial charge in [0.2, 0.25) is 5.91 Å². The molecule has 1 unspecified atom stereocenters. The van der Waals surface area contributed by atoms with Crippen molar-refractivity contribution in [1.29, 1.82) is 0 Å². The number of anilines is 1. The highest BCUT2D eigenvalue weighted by Crippen LogP contribution is 2.38. The van der Waals surface area contributed by atoms with E-state index >= 15 is 4.39 Å². The molecular weight excluding hydrogens is 489 g/mol. The minimum atomic E-state index is -3.07. The molecule has 0 saturated carbocycles. The van der Waals surface area contributed by atoms with Crippen LogP contribution < -0.4 is 15.0 Å². The highest BCUT2D eigenvalue weighted by Gasteiger charge is 2.40. The van der Waals surface area contributed by atoms with Crippen LogP contribution in [0.5, 0.6) is 5.75 Å². The normalized spacial score (nSPS) is 14.3. The first kappa shape index (κ1) is 28.4. The Morgan fingerprint density at radius 2 is 1.91 bits per heavy atom. The maximum absolute atomic E-state index is 15.5. The minimum absolute atomic E-state index is 0. The quantitative estimate of drug-likeness (QED) is 0.362. The summed E-state index contributed by atoms with van der Waals surface area (Å²) in [6, 6.07) is 3.82. The van der Waals surface area contributed by atoms with Crippen LogP contribution in [0.15, 0.2) is 30.3 Å². The monoisotopic (exact) mass is 516 g/mol. The summed E-state index contributed by atoms with van der Waals surface area (Å²) in [6.45, 7) is 3.91. The number of carboxylic acids is 1. The van der Waals surface area contributed by atoms with Gasteiger partial charge in [0.25, 0.3) is 0 Å². The van der Waals surface area contributed by atoms with Crippen molar-refractivity contribution < 1.29 is 37.3 Å². The SMILES string of the molecule is COC(F)(Oc1ccc2c(c1)CCN2C(=O)CNCCC(=O)O)c1ccc(C(C)C)c(F)c1F.Cl. The van der Waals surface area contributed by atoms with E-state index in [4.69, 9.17) is 14.6 Å². The van der Waals surface area contributed by atoms with Crippen LogP contribution in [0.1, 0.15) is 42.9 Å². The molecule has 1 aliphatic heterocycles. The lowest BCUT2D eigenvalue weighted by molar-refractivity contribution is -0.269. The van der Waals surface area contributed by atoms with Crippen LogP contribution in [-0.4, -0.2) is 43.7 Å². The molecule has 2 N–H and O–H groups in total. The first-order valence-electron chi connectivity index (χ1n) is 10.8. The molecule has 7 nitrogen and oxygen atoms in total. The number of carboxylic acid groups (broad SMARTS) is 1. The fraction of sp³-hybridized carbons (Fsp3) is 0.417. The van der Waals surface area contributed by atoms with E-state index in [9.17, 15) is 18.4 Å². The number of ether oxygens (including phenoxy) is 2. The summed E-state index contributed by atoms with van der Waals surface area (Å²) >= 11 is 0. The molecule has 0 fully saturated rings. The van der Waals surface area contributed by atoms with Crippen molar-refractivity contribution in [2.24, 2.45) is 0 Å². The molecule has 1 aliphatic rings. The zero-order chi connectivity index (χ0) is 25.0. The molecule has 1 atom stereocenters. The number of hydrogen-bond acceptors (Lipinski definition) is 5. The lowest BCUT2D eigenvalue weighted by Crippen LogP contribution is -2.37. The highest BCUT2D eigenvalue weighted by atomic mass is 35.5. The summed E-state index contributed by atoms with van der Waals surface area (Å²) in [5.74, 6) is -4.02. The van der Waals surface area contributed by atoms with Crippen LogP contribution in [0.25, 0.3) is 0 Å². The van der Waals surface area contributed by atoms with E-state index in [-0.39, 0.29) is 55.1 Å². The third-order valence-corrected chi connectivity index (χ3v) is 5.61. The van der Waals surface area contributed by atoms with Gasteiger partial charge in [-0.05, 0) is 47.7 Å². The first-order valence-corrected chi connectivity index (χ1v) is 10.8. The second kappa shape index (κ2) is 11.7. The summed E-state index contributed by atoms with van der Waals surface area (Å²) < 4.78 is 54.8. The van der Waals surface area contributed by atoms with Crippen LogP contribution in [-0.2, 0) is 26.8 Å². The molecule has 0 aromatic heterocycles. The number of carbonyl (C=O) groups excluding carboxylic acids is 1. The lowest BCUT2D eigenvalue weighted by atomic mass is 9.99. The molecule has 35 heavy (non-hydrogen) atoms. The van der Waals surface area contributed by atoms with Gasteiger partial charge in [-0.3, -0.25) is 9.59 Å². The van der Waals surface area contributed by atoms with E-state index in [0.29, 0.717) is 24.2 Å². The van der Waals surface area contributed by atoms with Crippen molar-refractivity contribution in [2.45, 2.75) is 38.6 Å². The molecule has 11 heteroatoms. The van der Waals surface area contributed by atoms with Crippen molar-refractivity contribution >= 4 is 30.0 Å². The molecule has 0 radical (unpaired) electrons. The van der Waals surface area contributed by atoms with Gasteiger partial charge in [-0.1, -0.05) is 19.9 Å². The van der Waals surface area contributed by atoms with E-state index in [1.54, 1.807) is 19.9 Å². The minimum Gasteiger partial charge on any atom is -0.481 e. The molecule has 0 aliphatic carbocycles. The smallest absolute Gasteiger partial charge is 0.394 e. The number of alkyl halides is 1. The third kappa shape index (κ3) is 6.25. The van der Waals surface area contributed by atoms with Gasteiger partial charge in [-0.2, -0.15) is 4.39 Å². The Labute approximate surface area is 207 Å². The Balaban J connectivity index is 0.00000432. The van der Waals surface area contributed by atoms with Crippen molar-refractivity contribution in [3.63, 3.8) is 0 Å². The van der Waals surface area contributed by atoms with E-state index in [1.807, 2.05) is 0 Å². The van der Waals surface area contributed by atoms with Gasteiger partial charge in [-0.15, -0.1) is 12.4 Å². The largest absolute Gasteiger partial charge is 0.481 e. The maximum Gasteiger partial charge on any atom is 0.394 e. The highest BCUT2D eigenvalue weighted by molar-refractivity contribution is 5.96. The lowest BCUT2D eigenvalue weighted by Gasteiger charge is -2.26. The van der Waals surface area contributed by atoms with E-state index < -0.39 is 29.2 Å². The standard InChI is InChI=1S/C24H27F3N2O5.ClH/c1-14(2)17-5-6-18(23(26)22(17)25)24(27,33-3)34-16-4-7-19-15(12-16)9-11-29(19)20(30)13-28-10-8-21(31)32;/h4-7,12,14,28H,8-11,13H2,1-3H3,(H,31,32);1H. The van der Waals surface area contributed by atoms with Gasteiger partial charge in [0, 0.05) is 25.9 Å². The first-order chi connectivity index (χ1) is 16.1. The van der Waals surface area contributed by atoms with E-state index in [0.717, 1.165) is 13.2 Å². The molecule has 0 bridgehead atoms. The number of benzene rings is 2. The van der Waals surface area contributed by atoms with Crippen LogP contribution in [0.3, 0.4) is 0 Å². The second-order valence-electron chi connectivity index (χ2n) is 8.23. The number of fused-ring (bicyclic) bond motifs is 1. The average molecular weight is 517 g/mol. The van der Waals surface area contributed by atoms with Gasteiger partial charge in [0.1, 0.15) is 5.75 Å². The van der Waals surface area contributed by atoms with Gasteiger partial charge in [0.05, 0.1) is 18.5 Å². The number of aliphatic carboxylic acids is 1. The Bertz CT molecular complexity index is 1090. The van der Waals surface area contributed by atoms with Crippen molar-refractivity contribution in [3.8, 4) is 5.75 Å². The number of halogens is 4. The van der Waals surface area contributed by atoms with Gasteiger partial charge in [0.15, 0.2) is 11.6 Å². The number of rotatable bonds is 10. The van der Waals surface area contributed by atoms with Crippen LogP contribution in [0.4, 0.5) is 18.9 Å². The number of nitrogens with one attached hydrogen (secondary N) is 1. The van der Waals surface area contributed by atoms with Crippen molar-refractivity contribution in [1.82, 2.24) is 5.32 Å². The van der Waals surface area contributed by atoms with Gasteiger partial charge in [-0.25, -0.2) is 8.78 Å². The predicted octanol–water partition coefficient (Wildman–Crippen LogP) is 4.27. The van der Waals surface area contributed by atoms with E-state index in [2.05, 4.69) is 5.32 Å². The molecule has 2 aromatic rings. The maximum atomic E-state index is 15.5. The number of methoxy groups -OCH3 is 1. The van der Waals surface area contributed by atoms with Crippen LogP contribution in [0.2, 0.25) is 0 Å². The van der Waals surface area contributed by atoms with Gasteiger partial charge < -0.3 is 24.8 Å². The molecule has 192 valence electrons. The Morgan fingerprint density at radius 1 is 1.20 bits per heavy atom. The van der Waals surface area contributed by atoms with Crippen LogP contribution in [0, 0.1) is 11.6 Å². The Kier molecular flexibility index (Phi) is 9.53. The predicted molar refractivity (Wildman–Crippen MR) is 126 cm³/mol. The second-order valence-corrected chi connectivity index (χ2v) is 8.23. The summed E-state index contributed by atoms with van der Waals surface area (Å²) in [4.78, 5) is 24.6. The summed E-state index contributed by atoms with van der Waals surface area (Å²) in [7, 11) is 0.985. The molecule has 1 amide bonds. The molecule has 3 rings (SSSR count). The third-order valence-electron chi connectivity index (χ3n) is 5.61. The Hall–Kier alpha value is -2.82. The van der Waals surface area contributed by atoms with Crippen molar-refractivity contribution in [3.05, 3.63) is 58.7 Å². The average Bonchev–Trinajstić information content (AvgIpc) is 3.21. The van der Waals surface area contributed by atoms with Crippen molar-refractivity contribution in [2.75, 3.05) is 31.6 Å². The Morgan fingerprint density at radius 3 is 2.54 bits per heavy atom. The summed E-state index contributed by atoms with van der Waals surface area (Å²) in [6.07, 6.45) is 0.380. The zero-order valence-electron chi connectivity index (χ0n) is 19.6. The molecule has 0 spiro atoms. The number of nitrogens with zero attached hydrogens (tertiary/aromatic N) is 1. The number of carbonyl (C=O) groups is 2. The summed E-state index contributed by atoms with van der Waals surface area (Å²) in [5, 5.41) is 11.4. The summed E-state index contributed by atoms with van der Waals surface area (Å²) in [5.41, 5.74) is 0.704. The van der Waals surface area contributed by atoms with E-state index in [1.165, 1.54) is 23.1 Å². The molecular formula is C24H28ClF3N2O5. The number of amides is 1. The molecule has 2 aromatic carbocycles. The van der Waals surface area contributed by atoms with Crippen LogP contribution >= 0.6 is 12.4 Å².